The van der Waals surface area contributed by atoms with Crippen LogP contribution in [-0.2, 0) is 13.2 Å². The van der Waals surface area contributed by atoms with Crippen LogP contribution in [0, 0.1) is 0 Å². The molecule has 0 saturated carbocycles. The highest BCUT2D eigenvalue weighted by molar-refractivity contribution is 6.30. The van der Waals surface area contributed by atoms with E-state index in [1.807, 2.05) is 41.3 Å². The normalized spacial score (nSPS) is 14.7. The minimum atomic E-state index is -0.0878. The quantitative estimate of drug-likeness (QED) is 0.528. The minimum absolute atomic E-state index is 0.0878. The van der Waals surface area contributed by atoms with Gasteiger partial charge in [-0.25, -0.2) is 0 Å². The second kappa shape index (κ2) is 9.56. The van der Waals surface area contributed by atoms with E-state index in [1.165, 1.54) is 5.56 Å². The van der Waals surface area contributed by atoms with Gasteiger partial charge in [0.2, 0.25) is 0 Å². The van der Waals surface area contributed by atoms with Gasteiger partial charge in [-0.15, -0.1) is 0 Å². The first-order valence-electron chi connectivity index (χ1n) is 9.80. The summed E-state index contributed by atoms with van der Waals surface area (Å²) >= 11 is 11.9. The molecule has 7 heteroatoms. The van der Waals surface area contributed by atoms with Gasteiger partial charge in [-0.3, -0.25) is 9.69 Å². The number of nitrogens with zero attached hydrogens (tertiary/aromatic N) is 2. The summed E-state index contributed by atoms with van der Waals surface area (Å²) in [6.45, 7) is 4.07. The highest BCUT2D eigenvalue weighted by Crippen LogP contribution is 2.20. The Kier molecular flexibility index (Phi) is 6.62. The highest BCUT2D eigenvalue weighted by Gasteiger charge is 2.24. The van der Waals surface area contributed by atoms with Crippen LogP contribution in [0.1, 0.15) is 21.9 Å². The Morgan fingerprint density at radius 1 is 0.933 bits per heavy atom. The summed E-state index contributed by atoms with van der Waals surface area (Å²) in [4.78, 5) is 16.9. The standard InChI is InChI=1S/C23H22Cl2N2O3/c24-18-6-4-17(5-7-18)15-26-10-12-27(13-11-26)23(28)22-9-8-21(30-22)16-29-20-3-1-2-19(25)14-20/h1-9,14H,10-13,15-16H2. The summed E-state index contributed by atoms with van der Waals surface area (Å²) in [6, 6.07) is 18.5. The van der Waals surface area contributed by atoms with Gasteiger partial charge in [0.25, 0.3) is 5.91 Å². The summed E-state index contributed by atoms with van der Waals surface area (Å²) < 4.78 is 11.4. The third-order valence-electron chi connectivity index (χ3n) is 5.03. The molecule has 0 spiro atoms. The lowest BCUT2D eigenvalue weighted by Gasteiger charge is -2.34. The maximum atomic E-state index is 12.8. The van der Waals surface area contributed by atoms with Crippen molar-refractivity contribution in [2.24, 2.45) is 0 Å². The van der Waals surface area contributed by atoms with Crippen LogP contribution in [0.5, 0.6) is 5.75 Å². The van der Waals surface area contributed by atoms with Crippen LogP contribution in [0.3, 0.4) is 0 Å². The number of halogens is 2. The first kappa shape index (κ1) is 20.8. The first-order chi connectivity index (χ1) is 14.6. The van der Waals surface area contributed by atoms with E-state index in [4.69, 9.17) is 32.4 Å². The Hall–Kier alpha value is -2.47. The number of carbonyl (C=O) groups excluding carboxylic acids is 1. The maximum absolute atomic E-state index is 12.8. The van der Waals surface area contributed by atoms with Gasteiger partial charge in [-0.05, 0) is 48.0 Å². The first-order valence-corrected chi connectivity index (χ1v) is 10.6. The molecule has 3 aromatic rings. The lowest BCUT2D eigenvalue weighted by atomic mass is 10.2. The number of carbonyl (C=O) groups is 1. The number of amides is 1. The molecular weight excluding hydrogens is 423 g/mol. The van der Waals surface area contributed by atoms with Crippen molar-refractivity contribution in [3.05, 3.63) is 87.8 Å². The average Bonchev–Trinajstić information content (AvgIpc) is 3.23. The predicted octanol–water partition coefficient (Wildman–Crippen LogP) is 5.12. The average molecular weight is 445 g/mol. The van der Waals surface area contributed by atoms with Gasteiger partial charge in [0.05, 0.1) is 0 Å². The molecule has 0 bridgehead atoms. The van der Waals surface area contributed by atoms with Crippen LogP contribution in [0.2, 0.25) is 10.0 Å². The van der Waals surface area contributed by atoms with Crippen molar-refractivity contribution in [2.75, 3.05) is 26.2 Å². The van der Waals surface area contributed by atoms with Crippen molar-refractivity contribution in [3.63, 3.8) is 0 Å². The van der Waals surface area contributed by atoms with Gasteiger partial charge >= 0.3 is 0 Å². The SMILES string of the molecule is O=C(c1ccc(COc2cccc(Cl)c2)o1)N1CCN(Cc2ccc(Cl)cc2)CC1. The number of ether oxygens (including phenoxy) is 1. The van der Waals surface area contributed by atoms with E-state index in [1.54, 1.807) is 24.3 Å². The molecule has 30 heavy (non-hydrogen) atoms. The van der Waals surface area contributed by atoms with E-state index in [0.717, 1.165) is 24.7 Å². The summed E-state index contributed by atoms with van der Waals surface area (Å²) in [5.74, 6) is 1.50. The molecule has 0 unspecified atom stereocenters. The molecule has 0 N–H and O–H groups in total. The Morgan fingerprint density at radius 2 is 1.70 bits per heavy atom. The van der Waals surface area contributed by atoms with Crippen molar-refractivity contribution >= 4 is 29.1 Å². The summed E-state index contributed by atoms with van der Waals surface area (Å²) in [6.07, 6.45) is 0. The molecule has 2 aromatic carbocycles. The zero-order chi connectivity index (χ0) is 20.9. The molecule has 1 aliphatic heterocycles. The van der Waals surface area contributed by atoms with E-state index >= 15 is 0 Å². The topological polar surface area (TPSA) is 45.9 Å². The van der Waals surface area contributed by atoms with E-state index in [9.17, 15) is 4.79 Å². The highest BCUT2D eigenvalue weighted by atomic mass is 35.5. The van der Waals surface area contributed by atoms with E-state index < -0.39 is 0 Å². The fourth-order valence-electron chi connectivity index (χ4n) is 3.39. The summed E-state index contributed by atoms with van der Waals surface area (Å²) in [5.41, 5.74) is 1.22. The van der Waals surface area contributed by atoms with Crippen LogP contribution in [-0.4, -0.2) is 41.9 Å². The number of hydrogen-bond donors (Lipinski definition) is 0. The van der Waals surface area contributed by atoms with Crippen molar-refractivity contribution in [1.82, 2.24) is 9.80 Å². The molecule has 1 aliphatic rings. The number of benzene rings is 2. The van der Waals surface area contributed by atoms with E-state index in [-0.39, 0.29) is 12.5 Å². The zero-order valence-corrected chi connectivity index (χ0v) is 17.9. The number of piperazine rings is 1. The maximum Gasteiger partial charge on any atom is 0.289 e. The van der Waals surface area contributed by atoms with Crippen LogP contribution in [0.25, 0.3) is 0 Å². The minimum Gasteiger partial charge on any atom is -0.486 e. The van der Waals surface area contributed by atoms with Crippen molar-refractivity contribution < 1.29 is 13.9 Å². The van der Waals surface area contributed by atoms with Crippen molar-refractivity contribution in [2.45, 2.75) is 13.2 Å². The molecule has 2 heterocycles. The molecular formula is C23H22Cl2N2O3. The Bertz CT molecular complexity index is 996. The molecule has 1 saturated heterocycles. The monoisotopic (exact) mass is 444 g/mol. The van der Waals surface area contributed by atoms with Crippen LogP contribution in [0.4, 0.5) is 0 Å². The number of furan rings is 1. The molecule has 1 amide bonds. The second-order valence-corrected chi connectivity index (χ2v) is 8.08. The third-order valence-corrected chi connectivity index (χ3v) is 5.52. The number of hydrogen-bond acceptors (Lipinski definition) is 4. The Morgan fingerprint density at radius 3 is 2.43 bits per heavy atom. The van der Waals surface area contributed by atoms with Gasteiger partial charge in [-0.1, -0.05) is 41.4 Å². The summed E-state index contributed by atoms with van der Waals surface area (Å²) in [7, 11) is 0. The van der Waals surface area contributed by atoms with Crippen LogP contribution < -0.4 is 4.74 Å². The lowest BCUT2D eigenvalue weighted by molar-refractivity contribution is 0.0594. The van der Waals surface area contributed by atoms with E-state index in [2.05, 4.69) is 4.90 Å². The lowest BCUT2D eigenvalue weighted by Crippen LogP contribution is -2.48. The zero-order valence-electron chi connectivity index (χ0n) is 16.4. The fourth-order valence-corrected chi connectivity index (χ4v) is 3.70. The van der Waals surface area contributed by atoms with Gasteiger partial charge in [-0.2, -0.15) is 0 Å². The smallest absolute Gasteiger partial charge is 0.289 e. The van der Waals surface area contributed by atoms with Gasteiger partial charge in [0.15, 0.2) is 5.76 Å². The Labute approximate surface area is 185 Å². The molecule has 0 atom stereocenters. The molecule has 156 valence electrons. The Balaban J connectivity index is 1.27. The molecule has 1 aromatic heterocycles. The van der Waals surface area contributed by atoms with Gasteiger partial charge in [0.1, 0.15) is 18.1 Å². The summed E-state index contributed by atoms with van der Waals surface area (Å²) in [5, 5.41) is 1.35. The third kappa shape index (κ3) is 5.36. The number of rotatable bonds is 6. The predicted molar refractivity (Wildman–Crippen MR) is 117 cm³/mol. The van der Waals surface area contributed by atoms with Gasteiger partial charge in [0, 0.05) is 42.8 Å². The van der Waals surface area contributed by atoms with Crippen molar-refractivity contribution in [1.29, 1.82) is 0 Å². The van der Waals surface area contributed by atoms with Crippen molar-refractivity contribution in [3.8, 4) is 5.75 Å². The molecule has 4 rings (SSSR count). The van der Waals surface area contributed by atoms with E-state index in [0.29, 0.717) is 35.4 Å². The largest absolute Gasteiger partial charge is 0.486 e. The fraction of sp³-hybridized carbons (Fsp3) is 0.261. The molecule has 0 radical (unpaired) electrons. The molecule has 5 nitrogen and oxygen atoms in total. The van der Waals surface area contributed by atoms with Crippen LogP contribution in [0.15, 0.2) is 65.1 Å². The van der Waals surface area contributed by atoms with Crippen LogP contribution >= 0.6 is 23.2 Å². The van der Waals surface area contributed by atoms with Gasteiger partial charge < -0.3 is 14.1 Å². The molecule has 0 aliphatic carbocycles. The molecule has 1 fully saturated rings. The second-order valence-electron chi connectivity index (χ2n) is 7.21.